The molecule has 0 aliphatic carbocycles. The molecule has 0 aliphatic rings. The van der Waals surface area contributed by atoms with Gasteiger partial charge in [0.15, 0.2) is 5.84 Å². The van der Waals surface area contributed by atoms with E-state index in [1.165, 1.54) is 16.3 Å². The van der Waals surface area contributed by atoms with Crippen molar-refractivity contribution < 1.29 is 0 Å². The van der Waals surface area contributed by atoms with Crippen LogP contribution in [0.3, 0.4) is 0 Å². The number of rotatable bonds is 9. The molecule has 4 heteroatoms. The summed E-state index contributed by atoms with van der Waals surface area (Å²) in [6, 6.07) is 60.9. The summed E-state index contributed by atoms with van der Waals surface area (Å²) in [6.45, 7) is 15.3. The Morgan fingerprint density at radius 3 is 1.70 bits per heavy atom. The Hall–Kier alpha value is -7.56. The number of para-hydroxylation sites is 3. The molecule has 4 nitrogen and oxygen atoms in total. The summed E-state index contributed by atoms with van der Waals surface area (Å²) in [6.07, 6.45) is 4.05. The highest BCUT2D eigenvalue weighted by Gasteiger charge is 2.17. The van der Waals surface area contributed by atoms with E-state index in [9.17, 15) is 0 Å². The summed E-state index contributed by atoms with van der Waals surface area (Å²) < 4.78 is 4.57. The summed E-state index contributed by atoms with van der Waals surface area (Å²) >= 11 is 0. The third kappa shape index (κ3) is 6.53. The maximum atomic E-state index is 5.14. The van der Waals surface area contributed by atoms with Crippen LogP contribution in [0.25, 0.3) is 66.3 Å². The molecule has 0 fully saturated rings. The van der Waals surface area contributed by atoms with Crippen molar-refractivity contribution >= 4 is 72.1 Å². The molecule has 0 N–H and O–H groups in total. The van der Waals surface area contributed by atoms with Crippen molar-refractivity contribution in [3.8, 4) is 5.69 Å². The minimum atomic E-state index is 0.582. The quantitative estimate of drug-likeness (QED) is 0.0805. The standard InChI is InChI=1S/C53H40N4/c1-5-39(42-29-31-48-46-26-16-18-28-50(46)57(52(48)34-42)44-23-13-8-14-24-44)33-36(2)56-49-27-17-15-25-45(49)47-32-30-43(35-51(47)56)53(54-37(3)40-19-9-6-10-20-40)55-38(4)41-21-11-7-12-22-41/h5-35H,1-3H2,4H3/b39-33+,54-53-,55-38+. The van der Waals surface area contributed by atoms with E-state index in [0.717, 1.165) is 72.2 Å². The Labute approximate surface area is 332 Å². The molecule has 9 aromatic rings. The highest BCUT2D eigenvalue weighted by molar-refractivity contribution is 6.16. The molecule has 7 aromatic carbocycles. The lowest BCUT2D eigenvalue weighted by atomic mass is 10.0. The van der Waals surface area contributed by atoms with E-state index in [1.807, 2.05) is 61.5 Å². The third-order valence-electron chi connectivity index (χ3n) is 10.6. The van der Waals surface area contributed by atoms with Crippen LogP contribution in [0, 0.1) is 0 Å². The Bertz CT molecular complexity index is 3100. The number of hydrogen-bond donors (Lipinski definition) is 0. The average molecular weight is 733 g/mol. The number of aromatic nitrogens is 2. The molecule has 2 heterocycles. The van der Waals surface area contributed by atoms with Gasteiger partial charge in [-0.1, -0.05) is 165 Å². The molecule has 0 atom stereocenters. The van der Waals surface area contributed by atoms with Crippen LogP contribution in [0.4, 0.5) is 0 Å². The fourth-order valence-electron chi connectivity index (χ4n) is 7.81. The average Bonchev–Trinajstić information content (AvgIpc) is 3.78. The van der Waals surface area contributed by atoms with Crippen molar-refractivity contribution in [3.05, 3.63) is 230 Å². The van der Waals surface area contributed by atoms with Crippen LogP contribution in [0.2, 0.25) is 0 Å². The molecule has 0 radical (unpaired) electrons. The highest BCUT2D eigenvalue weighted by Crippen LogP contribution is 2.36. The zero-order valence-electron chi connectivity index (χ0n) is 31.8. The normalized spacial score (nSPS) is 12.5. The Balaban J connectivity index is 1.19. The summed E-state index contributed by atoms with van der Waals surface area (Å²) in [5.74, 6) is 0.582. The molecular formula is C53H40N4. The number of allylic oxidation sites excluding steroid dienone is 4. The molecular weight excluding hydrogens is 693 g/mol. The van der Waals surface area contributed by atoms with Crippen LogP contribution in [-0.4, -0.2) is 20.7 Å². The van der Waals surface area contributed by atoms with E-state index in [2.05, 4.69) is 162 Å². The predicted octanol–water partition coefficient (Wildman–Crippen LogP) is 13.6. The molecule has 272 valence electrons. The zero-order valence-corrected chi connectivity index (χ0v) is 31.8. The summed E-state index contributed by atoms with van der Waals surface area (Å²) in [5.41, 5.74) is 12.7. The summed E-state index contributed by atoms with van der Waals surface area (Å²) in [7, 11) is 0. The molecule has 0 bridgehead atoms. The van der Waals surface area contributed by atoms with Crippen molar-refractivity contribution in [2.75, 3.05) is 0 Å². The SMILES string of the molecule is C=C/C(=C\C(=C)n1c2ccccc2c2ccc(C(=N/C(=C)c3ccccc3)/N=C(\C)c3ccccc3)cc21)c1ccc2c3ccccc3n(-c3ccccc3)c2c1. The van der Waals surface area contributed by atoms with E-state index < -0.39 is 0 Å². The van der Waals surface area contributed by atoms with Crippen LogP contribution in [0.1, 0.15) is 29.2 Å². The first kappa shape index (κ1) is 35.2. The van der Waals surface area contributed by atoms with Crippen LogP contribution in [-0.2, 0) is 0 Å². The van der Waals surface area contributed by atoms with Gasteiger partial charge in [-0.05, 0) is 71.7 Å². The van der Waals surface area contributed by atoms with Crippen molar-refractivity contribution in [2.24, 2.45) is 9.98 Å². The first-order valence-electron chi connectivity index (χ1n) is 19.1. The Kier molecular flexibility index (Phi) is 9.21. The predicted molar refractivity (Wildman–Crippen MR) is 244 cm³/mol. The summed E-state index contributed by atoms with van der Waals surface area (Å²) in [5, 5.41) is 4.67. The van der Waals surface area contributed by atoms with Crippen LogP contribution in [0.15, 0.2) is 218 Å². The Morgan fingerprint density at radius 1 is 0.491 bits per heavy atom. The topological polar surface area (TPSA) is 34.6 Å². The maximum absolute atomic E-state index is 5.14. The monoisotopic (exact) mass is 732 g/mol. The number of hydrogen-bond acceptors (Lipinski definition) is 1. The number of fused-ring (bicyclic) bond motifs is 6. The fraction of sp³-hybridized carbons (Fsp3) is 0.0189. The maximum Gasteiger partial charge on any atom is 0.160 e. The van der Waals surface area contributed by atoms with Crippen LogP contribution in [0.5, 0.6) is 0 Å². The van der Waals surface area contributed by atoms with Crippen molar-refractivity contribution in [2.45, 2.75) is 6.92 Å². The van der Waals surface area contributed by atoms with Gasteiger partial charge in [0.25, 0.3) is 0 Å². The molecule has 0 amide bonds. The third-order valence-corrected chi connectivity index (χ3v) is 10.6. The van der Waals surface area contributed by atoms with Crippen molar-refractivity contribution in [1.82, 2.24) is 9.13 Å². The minimum absolute atomic E-state index is 0.582. The number of benzene rings is 7. The van der Waals surface area contributed by atoms with E-state index in [1.54, 1.807) is 0 Å². The van der Waals surface area contributed by atoms with Gasteiger partial charge in [0.2, 0.25) is 0 Å². The number of aliphatic imine (C=N–C) groups is 2. The van der Waals surface area contributed by atoms with Gasteiger partial charge in [-0.25, -0.2) is 9.98 Å². The second-order valence-electron chi connectivity index (χ2n) is 14.1. The number of nitrogens with zero attached hydrogens (tertiary/aromatic N) is 4. The molecule has 0 saturated heterocycles. The first-order chi connectivity index (χ1) is 28.0. The van der Waals surface area contributed by atoms with Gasteiger partial charge in [-0.15, -0.1) is 0 Å². The van der Waals surface area contributed by atoms with E-state index in [0.29, 0.717) is 11.5 Å². The van der Waals surface area contributed by atoms with Gasteiger partial charge in [0.1, 0.15) is 0 Å². The lowest BCUT2D eigenvalue weighted by Crippen LogP contribution is -2.05. The van der Waals surface area contributed by atoms with Crippen LogP contribution < -0.4 is 0 Å². The van der Waals surface area contributed by atoms with E-state index in [4.69, 9.17) is 9.98 Å². The van der Waals surface area contributed by atoms with Gasteiger partial charge >= 0.3 is 0 Å². The molecule has 9 rings (SSSR count). The fourth-order valence-corrected chi connectivity index (χ4v) is 7.81. The van der Waals surface area contributed by atoms with Gasteiger partial charge in [-0.2, -0.15) is 0 Å². The van der Waals surface area contributed by atoms with Gasteiger partial charge in [0, 0.05) is 44.2 Å². The largest absolute Gasteiger partial charge is 0.310 e. The molecule has 0 aliphatic heterocycles. The molecule has 0 unspecified atom stereocenters. The first-order valence-corrected chi connectivity index (χ1v) is 19.1. The Morgan fingerprint density at radius 2 is 1.02 bits per heavy atom. The van der Waals surface area contributed by atoms with Gasteiger partial charge in [0.05, 0.1) is 27.8 Å². The van der Waals surface area contributed by atoms with E-state index >= 15 is 0 Å². The lowest BCUT2D eigenvalue weighted by Gasteiger charge is -2.12. The number of amidine groups is 1. The summed E-state index contributed by atoms with van der Waals surface area (Å²) in [4.78, 5) is 10.2. The van der Waals surface area contributed by atoms with Crippen LogP contribution >= 0.6 is 0 Å². The zero-order chi connectivity index (χ0) is 38.9. The smallest absolute Gasteiger partial charge is 0.160 e. The molecule has 0 spiro atoms. The second kappa shape index (κ2) is 14.9. The van der Waals surface area contributed by atoms with Gasteiger partial charge in [-0.3, -0.25) is 0 Å². The van der Waals surface area contributed by atoms with Gasteiger partial charge < -0.3 is 9.13 Å². The highest BCUT2D eigenvalue weighted by atomic mass is 15.0. The lowest BCUT2D eigenvalue weighted by molar-refractivity contribution is 1.18. The molecule has 0 saturated carbocycles. The molecule has 57 heavy (non-hydrogen) atoms. The van der Waals surface area contributed by atoms with Crippen molar-refractivity contribution in [3.63, 3.8) is 0 Å². The minimum Gasteiger partial charge on any atom is -0.310 e. The molecule has 2 aromatic heterocycles. The van der Waals surface area contributed by atoms with Crippen molar-refractivity contribution in [1.29, 1.82) is 0 Å². The van der Waals surface area contributed by atoms with E-state index in [-0.39, 0.29) is 0 Å². The second-order valence-corrected chi connectivity index (χ2v) is 14.1.